The molecule has 0 aliphatic carbocycles. The standard InChI is InChI=1S/C27H28N8O2/c1-27(2,3)37-26(36)33-13-15-34(16-14-33)35-24(20-9-6-12-30-23(20)29)32-22-11-10-21(31-25(22)35)19-8-5-4-7-18(19)17-28/h4-12H,13-16H2,1-3H3,(H2,29,30). The number of piperazine rings is 1. The number of pyridine rings is 2. The number of rotatable bonds is 3. The molecular formula is C27H28N8O2. The zero-order valence-corrected chi connectivity index (χ0v) is 21.0. The minimum absolute atomic E-state index is 0.326. The van der Waals surface area contributed by atoms with Crippen LogP contribution in [0.4, 0.5) is 10.6 Å². The lowest BCUT2D eigenvalue weighted by Crippen LogP contribution is -2.53. The number of amides is 1. The van der Waals surface area contributed by atoms with Gasteiger partial charge < -0.3 is 20.4 Å². The summed E-state index contributed by atoms with van der Waals surface area (Å²) in [6.45, 7) is 7.61. The minimum atomic E-state index is -0.556. The molecule has 10 nitrogen and oxygen atoms in total. The highest BCUT2D eigenvalue weighted by molar-refractivity contribution is 5.83. The Morgan fingerprint density at radius 2 is 1.73 bits per heavy atom. The second-order valence-corrected chi connectivity index (χ2v) is 9.80. The molecule has 0 radical (unpaired) electrons. The van der Waals surface area contributed by atoms with E-state index in [1.165, 1.54) is 0 Å². The van der Waals surface area contributed by atoms with Crippen LogP contribution in [0.2, 0.25) is 0 Å². The summed E-state index contributed by atoms with van der Waals surface area (Å²) in [4.78, 5) is 28.4. The zero-order valence-electron chi connectivity index (χ0n) is 21.0. The number of hydrogen-bond acceptors (Lipinski definition) is 8. The number of nitrogen functional groups attached to an aromatic ring is 1. The van der Waals surface area contributed by atoms with E-state index < -0.39 is 5.60 Å². The van der Waals surface area contributed by atoms with Crippen molar-refractivity contribution in [2.75, 3.05) is 36.9 Å². The van der Waals surface area contributed by atoms with Gasteiger partial charge in [0.15, 0.2) is 11.5 Å². The lowest BCUT2D eigenvalue weighted by molar-refractivity contribution is 0.0233. The van der Waals surface area contributed by atoms with Gasteiger partial charge in [-0.1, -0.05) is 18.2 Å². The van der Waals surface area contributed by atoms with Crippen LogP contribution in [0.25, 0.3) is 33.8 Å². The van der Waals surface area contributed by atoms with Gasteiger partial charge >= 0.3 is 6.09 Å². The van der Waals surface area contributed by atoms with E-state index >= 15 is 0 Å². The first-order valence-electron chi connectivity index (χ1n) is 12.1. The molecule has 37 heavy (non-hydrogen) atoms. The summed E-state index contributed by atoms with van der Waals surface area (Å²) in [7, 11) is 0. The first-order chi connectivity index (χ1) is 17.7. The molecule has 1 saturated heterocycles. The highest BCUT2D eigenvalue weighted by atomic mass is 16.6. The second kappa shape index (κ2) is 9.43. The quantitative estimate of drug-likeness (QED) is 0.454. The third-order valence-electron chi connectivity index (χ3n) is 6.08. The maximum absolute atomic E-state index is 12.6. The molecule has 0 atom stereocenters. The lowest BCUT2D eigenvalue weighted by Gasteiger charge is -2.37. The second-order valence-electron chi connectivity index (χ2n) is 9.80. The summed E-state index contributed by atoms with van der Waals surface area (Å²) in [5.41, 5.74) is 9.66. The molecule has 1 aliphatic rings. The number of benzene rings is 1. The number of hydrogen-bond donors (Lipinski definition) is 1. The van der Waals surface area contributed by atoms with E-state index in [2.05, 4.69) is 16.1 Å². The van der Waals surface area contributed by atoms with Crippen LogP contribution in [-0.4, -0.2) is 62.4 Å². The van der Waals surface area contributed by atoms with Gasteiger partial charge in [0.1, 0.15) is 16.9 Å². The Morgan fingerprint density at radius 1 is 1.00 bits per heavy atom. The van der Waals surface area contributed by atoms with Gasteiger partial charge in [-0.05, 0) is 51.1 Å². The van der Waals surface area contributed by atoms with Gasteiger partial charge in [0, 0.05) is 24.8 Å². The van der Waals surface area contributed by atoms with Gasteiger partial charge in [0.25, 0.3) is 0 Å². The largest absolute Gasteiger partial charge is 0.444 e. The first kappa shape index (κ1) is 24.1. The molecule has 4 aromatic rings. The molecule has 0 saturated carbocycles. The summed E-state index contributed by atoms with van der Waals surface area (Å²) >= 11 is 0. The molecular weight excluding hydrogens is 468 g/mol. The number of carbonyl (C=O) groups is 1. The summed E-state index contributed by atoms with van der Waals surface area (Å²) < 4.78 is 7.51. The topological polar surface area (TPSA) is 126 Å². The molecule has 1 aromatic carbocycles. The van der Waals surface area contributed by atoms with Crippen LogP contribution in [0.1, 0.15) is 26.3 Å². The molecule has 188 valence electrons. The number of nitrogens with zero attached hydrogens (tertiary/aromatic N) is 7. The Kier molecular flexibility index (Phi) is 6.13. The Morgan fingerprint density at radius 3 is 2.43 bits per heavy atom. The number of ether oxygens (including phenoxy) is 1. The van der Waals surface area contributed by atoms with Gasteiger partial charge in [0.05, 0.1) is 36.0 Å². The number of carbonyl (C=O) groups excluding carboxylic acids is 1. The van der Waals surface area contributed by atoms with Crippen LogP contribution in [0.5, 0.6) is 0 Å². The van der Waals surface area contributed by atoms with Crippen LogP contribution < -0.4 is 10.7 Å². The predicted molar refractivity (Wildman–Crippen MR) is 141 cm³/mol. The summed E-state index contributed by atoms with van der Waals surface area (Å²) in [6, 6.07) is 17.1. The van der Waals surface area contributed by atoms with Crippen LogP contribution in [0.3, 0.4) is 0 Å². The molecule has 10 heteroatoms. The molecule has 1 fully saturated rings. The van der Waals surface area contributed by atoms with E-state index in [1.807, 2.05) is 67.9 Å². The van der Waals surface area contributed by atoms with Crippen molar-refractivity contribution in [3.63, 3.8) is 0 Å². The van der Waals surface area contributed by atoms with Crippen LogP contribution in [0.15, 0.2) is 54.7 Å². The van der Waals surface area contributed by atoms with E-state index in [0.29, 0.717) is 65.8 Å². The van der Waals surface area contributed by atoms with Gasteiger partial charge in [-0.2, -0.15) is 5.26 Å². The monoisotopic (exact) mass is 496 g/mol. The van der Waals surface area contributed by atoms with Crippen molar-refractivity contribution in [2.24, 2.45) is 0 Å². The smallest absolute Gasteiger partial charge is 0.410 e. The zero-order chi connectivity index (χ0) is 26.2. The number of aromatic nitrogens is 4. The summed E-state index contributed by atoms with van der Waals surface area (Å²) in [5, 5.41) is 11.7. The van der Waals surface area contributed by atoms with Gasteiger partial charge in [-0.15, -0.1) is 0 Å². The van der Waals surface area contributed by atoms with Crippen molar-refractivity contribution < 1.29 is 9.53 Å². The molecule has 0 bridgehead atoms. The molecule has 5 rings (SSSR count). The fraction of sp³-hybridized carbons (Fsp3) is 0.296. The van der Waals surface area contributed by atoms with Gasteiger partial charge in [0.2, 0.25) is 0 Å². The minimum Gasteiger partial charge on any atom is -0.444 e. The third kappa shape index (κ3) is 4.76. The normalized spacial score (nSPS) is 14.0. The molecule has 4 heterocycles. The highest BCUT2D eigenvalue weighted by Gasteiger charge is 2.29. The molecule has 1 amide bonds. The number of fused-ring (bicyclic) bond motifs is 1. The van der Waals surface area contributed by atoms with E-state index in [0.717, 1.165) is 5.56 Å². The number of imidazole rings is 1. The maximum Gasteiger partial charge on any atom is 0.410 e. The lowest BCUT2D eigenvalue weighted by atomic mass is 10.1. The van der Waals surface area contributed by atoms with Crippen LogP contribution in [0, 0.1) is 11.3 Å². The Bertz CT molecular complexity index is 1510. The Labute approximate surface area is 214 Å². The average Bonchev–Trinajstić information content (AvgIpc) is 3.26. The number of nitrogens with two attached hydrogens (primary N) is 1. The van der Waals surface area contributed by atoms with Crippen LogP contribution in [-0.2, 0) is 4.74 Å². The number of anilines is 1. The Hall–Kier alpha value is -4.65. The first-order valence-corrected chi connectivity index (χ1v) is 12.1. The summed E-state index contributed by atoms with van der Waals surface area (Å²) in [6.07, 6.45) is 1.31. The SMILES string of the molecule is CC(C)(C)OC(=O)N1CCN(n2c(-c3cccnc3N)nc3ccc(-c4ccccc4C#N)nc32)CC1. The highest BCUT2D eigenvalue weighted by Crippen LogP contribution is 2.30. The van der Waals surface area contributed by atoms with E-state index in [1.54, 1.807) is 17.2 Å². The van der Waals surface area contributed by atoms with Gasteiger partial charge in [-0.25, -0.2) is 24.4 Å². The predicted octanol–water partition coefficient (Wildman–Crippen LogP) is 3.80. The van der Waals surface area contributed by atoms with Crippen molar-refractivity contribution in [1.82, 2.24) is 24.5 Å². The van der Waals surface area contributed by atoms with Crippen molar-refractivity contribution in [3.8, 4) is 28.7 Å². The molecule has 2 N–H and O–H groups in total. The molecule has 0 spiro atoms. The summed E-state index contributed by atoms with van der Waals surface area (Å²) in [5.74, 6) is 0.978. The van der Waals surface area contributed by atoms with E-state index in [-0.39, 0.29) is 6.09 Å². The van der Waals surface area contributed by atoms with Crippen LogP contribution >= 0.6 is 0 Å². The van der Waals surface area contributed by atoms with Crippen molar-refractivity contribution in [1.29, 1.82) is 5.26 Å². The molecule has 1 aliphatic heterocycles. The average molecular weight is 497 g/mol. The number of nitriles is 1. The molecule has 3 aromatic heterocycles. The van der Waals surface area contributed by atoms with Crippen molar-refractivity contribution in [3.05, 3.63) is 60.3 Å². The maximum atomic E-state index is 12.6. The fourth-order valence-electron chi connectivity index (χ4n) is 4.35. The van der Waals surface area contributed by atoms with E-state index in [4.69, 9.17) is 20.4 Å². The molecule has 0 unspecified atom stereocenters. The van der Waals surface area contributed by atoms with Crippen molar-refractivity contribution >= 4 is 23.1 Å². The van der Waals surface area contributed by atoms with Crippen molar-refractivity contribution in [2.45, 2.75) is 26.4 Å². The fourth-order valence-corrected chi connectivity index (χ4v) is 4.35. The Balaban J connectivity index is 1.57. The third-order valence-corrected chi connectivity index (χ3v) is 6.08. The van der Waals surface area contributed by atoms with Gasteiger partial charge in [-0.3, -0.25) is 0 Å². The van der Waals surface area contributed by atoms with E-state index in [9.17, 15) is 10.1 Å².